The molecule has 6 nitrogen and oxygen atoms in total. The first kappa shape index (κ1) is 16.9. The first-order chi connectivity index (χ1) is 10.8. The molecular weight excluding hydrogens is 296 g/mol. The van der Waals surface area contributed by atoms with Gasteiger partial charge in [-0.15, -0.1) is 0 Å². The maximum Gasteiger partial charge on any atom is 0.408 e. The van der Waals surface area contributed by atoms with Crippen molar-refractivity contribution < 1.29 is 19.1 Å². The second-order valence-corrected chi connectivity index (χ2v) is 6.33. The summed E-state index contributed by atoms with van der Waals surface area (Å²) >= 11 is 0. The number of aromatic nitrogens is 1. The predicted octanol–water partition coefficient (Wildman–Crippen LogP) is 2.78. The van der Waals surface area contributed by atoms with Crippen molar-refractivity contribution in [3.05, 3.63) is 36.0 Å². The highest BCUT2D eigenvalue weighted by Gasteiger charge is 2.25. The SMILES string of the molecule is COC(=O)[C@H](Cc1ccc2cc[nH]c2c1)NC(=O)OC(C)(C)C. The van der Waals surface area contributed by atoms with Gasteiger partial charge in [-0.1, -0.05) is 12.1 Å². The molecule has 6 heteroatoms. The molecule has 0 aliphatic heterocycles. The third-order valence-electron chi connectivity index (χ3n) is 3.24. The molecule has 2 aromatic rings. The minimum Gasteiger partial charge on any atom is -0.467 e. The van der Waals surface area contributed by atoms with Gasteiger partial charge in [0.25, 0.3) is 0 Å². The summed E-state index contributed by atoms with van der Waals surface area (Å²) in [7, 11) is 1.29. The molecule has 0 fully saturated rings. The topological polar surface area (TPSA) is 80.4 Å². The van der Waals surface area contributed by atoms with Gasteiger partial charge in [0.05, 0.1) is 7.11 Å². The van der Waals surface area contributed by atoms with Crippen LogP contribution in [0.3, 0.4) is 0 Å². The number of fused-ring (bicyclic) bond motifs is 1. The highest BCUT2D eigenvalue weighted by Crippen LogP contribution is 2.16. The fourth-order valence-electron chi connectivity index (χ4n) is 2.24. The van der Waals surface area contributed by atoms with E-state index in [0.29, 0.717) is 6.42 Å². The average molecular weight is 318 g/mol. The molecule has 1 aromatic carbocycles. The zero-order valence-electron chi connectivity index (χ0n) is 13.8. The van der Waals surface area contributed by atoms with Crippen LogP contribution in [-0.4, -0.2) is 35.8 Å². The Bertz CT molecular complexity index is 700. The van der Waals surface area contributed by atoms with Gasteiger partial charge in [-0.05, 0) is 43.9 Å². The number of benzene rings is 1. The van der Waals surface area contributed by atoms with Gasteiger partial charge in [-0.2, -0.15) is 0 Å². The lowest BCUT2D eigenvalue weighted by Gasteiger charge is -2.22. The first-order valence-electron chi connectivity index (χ1n) is 7.42. The van der Waals surface area contributed by atoms with E-state index in [4.69, 9.17) is 9.47 Å². The largest absolute Gasteiger partial charge is 0.467 e. The normalized spacial score (nSPS) is 12.7. The second-order valence-electron chi connectivity index (χ2n) is 6.33. The van der Waals surface area contributed by atoms with Crippen molar-refractivity contribution >= 4 is 23.0 Å². The lowest BCUT2D eigenvalue weighted by molar-refractivity contribution is -0.143. The standard InChI is InChI=1S/C17H22N2O4/c1-17(2,3)23-16(21)19-14(15(20)22-4)10-11-5-6-12-7-8-18-13(12)9-11/h5-9,14,18H,10H2,1-4H3,(H,19,21)/t14-/m0/s1. The quantitative estimate of drug-likeness (QED) is 0.850. The van der Waals surface area contributed by atoms with Crippen molar-refractivity contribution in [3.8, 4) is 0 Å². The molecule has 1 heterocycles. The fraction of sp³-hybridized carbons (Fsp3) is 0.412. The van der Waals surface area contributed by atoms with Crippen LogP contribution in [0.5, 0.6) is 0 Å². The Kier molecular flexibility index (Phi) is 4.93. The van der Waals surface area contributed by atoms with Crippen LogP contribution >= 0.6 is 0 Å². The van der Waals surface area contributed by atoms with E-state index in [-0.39, 0.29) is 0 Å². The molecule has 0 unspecified atom stereocenters. The number of nitrogens with one attached hydrogen (secondary N) is 2. The summed E-state index contributed by atoms with van der Waals surface area (Å²) in [6.45, 7) is 5.29. The van der Waals surface area contributed by atoms with Crippen molar-refractivity contribution in [1.29, 1.82) is 0 Å². The van der Waals surface area contributed by atoms with E-state index in [1.807, 2.05) is 30.5 Å². The van der Waals surface area contributed by atoms with Crippen LogP contribution < -0.4 is 5.32 Å². The van der Waals surface area contributed by atoms with Crippen LogP contribution in [0.15, 0.2) is 30.5 Å². The van der Waals surface area contributed by atoms with E-state index < -0.39 is 23.7 Å². The molecule has 23 heavy (non-hydrogen) atoms. The highest BCUT2D eigenvalue weighted by molar-refractivity contribution is 5.83. The van der Waals surface area contributed by atoms with Crippen LogP contribution in [0.2, 0.25) is 0 Å². The van der Waals surface area contributed by atoms with Gasteiger partial charge in [0.15, 0.2) is 0 Å². The van der Waals surface area contributed by atoms with Crippen molar-refractivity contribution in [2.24, 2.45) is 0 Å². The average Bonchev–Trinajstić information content (AvgIpc) is 2.91. The number of methoxy groups -OCH3 is 1. The molecule has 1 aromatic heterocycles. The van der Waals surface area contributed by atoms with Crippen molar-refractivity contribution in [3.63, 3.8) is 0 Å². The summed E-state index contributed by atoms with van der Waals surface area (Å²) < 4.78 is 9.97. The maximum atomic E-state index is 11.9. The van der Waals surface area contributed by atoms with E-state index in [0.717, 1.165) is 16.5 Å². The third kappa shape index (κ3) is 4.74. The molecule has 0 aliphatic carbocycles. The van der Waals surface area contributed by atoms with Crippen LogP contribution in [0.4, 0.5) is 4.79 Å². The molecule has 2 N–H and O–H groups in total. The Labute approximate surface area is 135 Å². The Balaban J connectivity index is 2.11. The van der Waals surface area contributed by atoms with Gasteiger partial charge >= 0.3 is 12.1 Å². The Hall–Kier alpha value is -2.50. The van der Waals surface area contributed by atoms with E-state index in [1.165, 1.54) is 7.11 Å². The number of amides is 1. The Morgan fingerprint density at radius 1 is 1.26 bits per heavy atom. The fourth-order valence-corrected chi connectivity index (χ4v) is 2.24. The molecule has 0 spiro atoms. The van der Waals surface area contributed by atoms with Gasteiger partial charge in [-0.25, -0.2) is 9.59 Å². The van der Waals surface area contributed by atoms with E-state index >= 15 is 0 Å². The van der Waals surface area contributed by atoms with E-state index in [2.05, 4.69) is 10.3 Å². The second kappa shape index (κ2) is 6.73. The smallest absolute Gasteiger partial charge is 0.408 e. The minimum atomic E-state index is -0.803. The maximum absolute atomic E-state index is 11.9. The number of esters is 1. The van der Waals surface area contributed by atoms with Crippen LogP contribution in [0.1, 0.15) is 26.3 Å². The highest BCUT2D eigenvalue weighted by atomic mass is 16.6. The zero-order chi connectivity index (χ0) is 17.0. The van der Waals surface area contributed by atoms with Crippen molar-refractivity contribution in [2.75, 3.05) is 7.11 Å². The number of carbonyl (C=O) groups is 2. The monoisotopic (exact) mass is 318 g/mol. The lowest BCUT2D eigenvalue weighted by atomic mass is 10.0. The van der Waals surface area contributed by atoms with Crippen molar-refractivity contribution in [1.82, 2.24) is 10.3 Å². The number of H-pyrrole nitrogens is 1. The van der Waals surface area contributed by atoms with Crippen molar-refractivity contribution in [2.45, 2.75) is 38.8 Å². The summed E-state index contributed by atoms with van der Waals surface area (Å²) in [4.78, 5) is 27.0. The summed E-state index contributed by atoms with van der Waals surface area (Å²) in [6.07, 6.45) is 1.53. The molecule has 0 bridgehead atoms. The molecular formula is C17H22N2O4. The van der Waals surface area contributed by atoms with Gasteiger partial charge in [-0.3, -0.25) is 0 Å². The lowest BCUT2D eigenvalue weighted by Crippen LogP contribution is -2.45. The summed E-state index contributed by atoms with van der Waals surface area (Å²) in [5.74, 6) is -0.512. The zero-order valence-corrected chi connectivity index (χ0v) is 13.8. The molecule has 124 valence electrons. The summed E-state index contributed by atoms with van der Waals surface area (Å²) in [6, 6.07) is 6.99. The van der Waals surface area contributed by atoms with E-state index in [9.17, 15) is 9.59 Å². The van der Waals surface area contributed by atoms with Gasteiger partial charge in [0, 0.05) is 18.1 Å². The number of ether oxygens (including phenoxy) is 2. The first-order valence-corrected chi connectivity index (χ1v) is 7.42. The summed E-state index contributed by atoms with van der Waals surface area (Å²) in [5.41, 5.74) is 1.25. The molecule has 1 atom stereocenters. The number of hydrogen-bond acceptors (Lipinski definition) is 4. The Morgan fingerprint density at radius 3 is 2.65 bits per heavy atom. The molecule has 0 radical (unpaired) electrons. The van der Waals surface area contributed by atoms with Gasteiger partial charge in [0.2, 0.25) is 0 Å². The number of aromatic amines is 1. The van der Waals surface area contributed by atoms with Crippen LogP contribution in [0, 0.1) is 0 Å². The number of hydrogen-bond donors (Lipinski definition) is 2. The molecule has 0 saturated heterocycles. The minimum absolute atomic E-state index is 0.320. The summed E-state index contributed by atoms with van der Waals surface area (Å²) in [5, 5.41) is 3.66. The van der Waals surface area contributed by atoms with Crippen LogP contribution in [0.25, 0.3) is 10.9 Å². The molecule has 0 aliphatic rings. The van der Waals surface area contributed by atoms with Crippen LogP contribution in [-0.2, 0) is 20.7 Å². The number of rotatable bonds is 4. The van der Waals surface area contributed by atoms with Gasteiger partial charge < -0.3 is 19.8 Å². The molecule has 1 amide bonds. The Morgan fingerprint density at radius 2 is 2.00 bits per heavy atom. The molecule has 0 saturated carbocycles. The molecule has 2 rings (SSSR count). The number of carbonyl (C=O) groups excluding carboxylic acids is 2. The predicted molar refractivity (Wildman–Crippen MR) is 87.2 cm³/mol. The van der Waals surface area contributed by atoms with Gasteiger partial charge in [0.1, 0.15) is 11.6 Å². The number of alkyl carbamates (subject to hydrolysis) is 1. The van der Waals surface area contributed by atoms with E-state index in [1.54, 1.807) is 20.8 Å². The third-order valence-corrected chi connectivity index (χ3v) is 3.24.